The molecule has 1 aromatic rings. The molecular weight excluding hydrogens is 236 g/mol. The SMILES string of the molecule is CCCC1CCC(NC(=O)c2cccc(N)c2)CC1. The van der Waals surface area contributed by atoms with Gasteiger partial charge in [0.15, 0.2) is 0 Å². The van der Waals surface area contributed by atoms with Gasteiger partial charge in [0.25, 0.3) is 5.91 Å². The first-order valence-electron chi connectivity index (χ1n) is 7.35. The van der Waals surface area contributed by atoms with E-state index >= 15 is 0 Å². The number of hydrogen-bond acceptors (Lipinski definition) is 2. The Morgan fingerprint density at radius 1 is 1.32 bits per heavy atom. The van der Waals surface area contributed by atoms with Crippen molar-refractivity contribution in [3.63, 3.8) is 0 Å². The molecule has 0 atom stereocenters. The monoisotopic (exact) mass is 260 g/mol. The van der Waals surface area contributed by atoms with Crippen LogP contribution in [-0.2, 0) is 0 Å². The molecule has 2 rings (SSSR count). The van der Waals surface area contributed by atoms with Crippen LogP contribution in [0.25, 0.3) is 0 Å². The summed E-state index contributed by atoms with van der Waals surface area (Å²) >= 11 is 0. The fraction of sp³-hybridized carbons (Fsp3) is 0.562. The largest absolute Gasteiger partial charge is 0.399 e. The maximum atomic E-state index is 12.1. The molecule has 104 valence electrons. The molecule has 3 nitrogen and oxygen atoms in total. The van der Waals surface area contributed by atoms with Crippen LogP contribution in [0.4, 0.5) is 5.69 Å². The van der Waals surface area contributed by atoms with E-state index in [1.165, 1.54) is 25.7 Å². The summed E-state index contributed by atoms with van der Waals surface area (Å²) in [6, 6.07) is 7.50. The van der Waals surface area contributed by atoms with Gasteiger partial charge in [-0.2, -0.15) is 0 Å². The molecule has 1 aliphatic rings. The molecule has 1 fully saturated rings. The van der Waals surface area contributed by atoms with E-state index in [9.17, 15) is 4.79 Å². The molecule has 0 aromatic heterocycles. The fourth-order valence-electron chi connectivity index (χ4n) is 2.95. The van der Waals surface area contributed by atoms with Gasteiger partial charge in [-0.1, -0.05) is 25.8 Å². The van der Waals surface area contributed by atoms with E-state index in [-0.39, 0.29) is 5.91 Å². The van der Waals surface area contributed by atoms with Crippen molar-refractivity contribution in [3.8, 4) is 0 Å². The molecule has 19 heavy (non-hydrogen) atoms. The second kappa shape index (κ2) is 6.60. The van der Waals surface area contributed by atoms with Gasteiger partial charge in [-0.3, -0.25) is 4.79 Å². The minimum absolute atomic E-state index is 0.00578. The third kappa shape index (κ3) is 3.98. The minimum Gasteiger partial charge on any atom is -0.399 e. The summed E-state index contributed by atoms with van der Waals surface area (Å²) in [7, 11) is 0. The minimum atomic E-state index is 0.00578. The number of amides is 1. The predicted octanol–water partition coefficient (Wildman–Crippen LogP) is 3.36. The number of nitrogens with two attached hydrogens (primary N) is 1. The first-order valence-corrected chi connectivity index (χ1v) is 7.35. The second-order valence-corrected chi connectivity index (χ2v) is 5.61. The van der Waals surface area contributed by atoms with Crippen molar-refractivity contribution in [3.05, 3.63) is 29.8 Å². The first kappa shape index (κ1) is 13.9. The van der Waals surface area contributed by atoms with Crippen molar-refractivity contribution in [2.45, 2.75) is 51.5 Å². The van der Waals surface area contributed by atoms with E-state index in [4.69, 9.17) is 5.73 Å². The molecule has 0 spiro atoms. The van der Waals surface area contributed by atoms with Gasteiger partial charge in [0.05, 0.1) is 0 Å². The third-order valence-corrected chi connectivity index (χ3v) is 4.03. The Bertz CT molecular complexity index is 423. The molecule has 0 unspecified atom stereocenters. The smallest absolute Gasteiger partial charge is 0.251 e. The van der Waals surface area contributed by atoms with Crippen LogP contribution in [0, 0.1) is 5.92 Å². The van der Waals surface area contributed by atoms with E-state index in [0.29, 0.717) is 17.3 Å². The molecule has 0 saturated heterocycles. The summed E-state index contributed by atoms with van der Waals surface area (Å²) in [6.07, 6.45) is 7.31. The highest BCUT2D eigenvalue weighted by Crippen LogP contribution is 2.27. The number of hydrogen-bond donors (Lipinski definition) is 2. The molecule has 3 heteroatoms. The lowest BCUT2D eigenvalue weighted by atomic mass is 9.83. The molecule has 0 radical (unpaired) electrons. The van der Waals surface area contributed by atoms with Crippen LogP contribution in [0.2, 0.25) is 0 Å². The van der Waals surface area contributed by atoms with Crippen LogP contribution in [0.5, 0.6) is 0 Å². The predicted molar refractivity (Wildman–Crippen MR) is 79.0 cm³/mol. The highest BCUT2D eigenvalue weighted by atomic mass is 16.1. The third-order valence-electron chi connectivity index (χ3n) is 4.03. The summed E-state index contributed by atoms with van der Waals surface area (Å²) in [5.74, 6) is 0.872. The van der Waals surface area contributed by atoms with Crippen molar-refractivity contribution in [1.29, 1.82) is 0 Å². The Balaban J connectivity index is 1.84. The van der Waals surface area contributed by atoms with Gasteiger partial charge in [-0.05, 0) is 49.8 Å². The van der Waals surface area contributed by atoms with Gasteiger partial charge >= 0.3 is 0 Å². The topological polar surface area (TPSA) is 55.1 Å². The van der Waals surface area contributed by atoms with E-state index in [1.54, 1.807) is 12.1 Å². The van der Waals surface area contributed by atoms with Crippen LogP contribution >= 0.6 is 0 Å². The first-order chi connectivity index (χ1) is 9.19. The number of carbonyl (C=O) groups is 1. The lowest BCUT2D eigenvalue weighted by Gasteiger charge is -2.29. The Morgan fingerprint density at radius 2 is 2.05 bits per heavy atom. The maximum Gasteiger partial charge on any atom is 0.251 e. The van der Waals surface area contributed by atoms with Crippen molar-refractivity contribution in [2.24, 2.45) is 5.92 Å². The van der Waals surface area contributed by atoms with Crippen LogP contribution in [0.1, 0.15) is 55.8 Å². The number of benzene rings is 1. The van der Waals surface area contributed by atoms with Crippen LogP contribution in [0.15, 0.2) is 24.3 Å². The average Bonchev–Trinajstić information content (AvgIpc) is 2.41. The van der Waals surface area contributed by atoms with E-state index in [2.05, 4.69) is 12.2 Å². The average molecular weight is 260 g/mol. The molecule has 1 aliphatic carbocycles. The van der Waals surface area contributed by atoms with Crippen LogP contribution in [0.3, 0.4) is 0 Å². The summed E-state index contributed by atoms with van der Waals surface area (Å²) in [4.78, 5) is 12.1. The van der Waals surface area contributed by atoms with E-state index in [0.717, 1.165) is 18.8 Å². The molecule has 1 amide bonds. The molecule has 1 aromatic carbocycles. The van der Waals surface area contributed by atoms with Crippen molar-refractivity contribution in [2.75, 3.05) is 5.73 Å². The van der Waals surface area contributed by atoms with Gasteiger partial charge in [0.2, 0.25) is 0 Å². The Morgan fingerprint density at radius 3 is 2.68 bits per heavy atom. The van der Waals surface area contributed by atoms with Gasteiger partial charge in [0, 0.05) is 17.3 Å². The molecule has 1 saturated carbocycles. The quantitative estimate of drug-likeness (QED) is 0.816. The highest BCUT2D eigenvalue weighted by molar-refractivity contribution is 5.95. The second-order valence-electron chi connectivity index (χ2n) is 5.61. The Kier molecular flexibility index (Phi) is 4.83. The van der Waals surface area contributed by atoms with Crippen molar-refractivity contribution >= 4 is 11.6 Å². The number of nitrogens with one attached hydrogen (secondary N) is 1. The van der Waals surface area contributed by atoms with Gasteiger partial charge < -0.3 is 11.1 Å². The summed E-state index contributed by atoms with van der Waals surface area (Å²) in [5, 5.41) is 3.13. The molecular formula is C16H24N2O. The highest BCUT2D eigenvalue weighted by Gasteiger charge is 2.22. The van der Waals surface area contributed by atoms with Gasteiger partial charge in [-0.15, -0.1) is 0 Å². The van der Waals surface area contributed by atoms with Crippen LogP contribution < -0.4 is 11.1 Å². The maximum absolute atomic E-state index is 12.1. The zero-order chi connectivity index (χ0) is 13.7. The number of carbonyl (C=O) groups excluding carboxylic acids is 1. The lowest BCUT2D eigenvalue weighted by Crippen LogP contribution is -2.37. The molecule has 3 N–H and O–H groups in total. The van der Waals surface area contributed by atoms with Crippen molar-refractivity contribution in [1.82, 2.24) is 5.32 Å². The number of anilines is 1. The van der Waals surface area contributed by atoms with Crippen LogP contribution in [-0.4, -0.2) is 11.9 Å². The number of rotatable bonds is 4. The van der Waals surface area contributed by atoms with Gasteiger partial charge in [-0.25, -0.2) is 0 Å². The molecule has 0 bridgehead atoms. The Hall–Kier alpha value is -1.51. The standard InChI is InChI=1S/C16H24N2O/c1-2-4-12-7-9-15(10-8-12)18-16(19)13-5-3-6-14(17)11-13/h3,5-6,11-12,15H,2,4,7-10,17H2,1H3,(H,18,19). The van der Waals surface area contributed by atoms with Crippen molar-refractivity contribution < 1.29 is 4.79 Å². The van der Waals surface area contributed by atoms with E-state index < -0.39 is 0 Å². The summed E-state index contributed by atoms with van der Waals surface area (Å²) < 4.78 is 0. The Labute approximate surface area is 115 Å². The lowest BCUT2D eigenvalue weighted by molar-refractivity contribution is 0.0921. The molecule has 0 heterocycles. The van der Waals surface area contributed by atoms with Gasteiger partial charge in [0.1, 0.15) is 0 Å². The van der Waals surface area contributed by atoms with E-state index in [1.807, 2.05) is 12.1 Å². The normalized spacial score (nSPS) is 23.0. The summed E-state index contributed by atoms with van der Waals surface area (Å²) in [6.45, 7) is 2.24. The molecule has 0 aliphatic heterocycles. The zero-order valence-corrected chi connectivity index (χ0v) is 11.7. The summed E-state index contributed by atoms with van der Waals surface area (Å²) in [5.41, 5.74) is 7.00. The fourth-order valence-corrected chi connectivity index (χ4v) is 2.95. The zero-order valence-electron chi connectivity index (χ0n) is 11.7. The number of nitrogen functional groups attached to an aromatic ring is 1.